The summed E-state index contributed by atoms with van der Waals surface area (Å²) >= 11 is 0. The number of benzene rings is 1. The van der Waals surface area contributed by atoms with Crippen LogP contribution in [0.15, 0.2) is 41.5 Å². The maximum atomic E-state index is 9.81. The van der Waals surface area contributed by atoms with Gasteiger partial charge in [0.25, 0.3) is 0 Å². The predicted molar refractivity (Wildman–Crippen MR) is 79.0 cm³/mol. The molecule has 0 aliphatic heterocycles. The van der Waals surface area contributed by atoms with Crippen molar-refractivity contribution < 1.29 is 9.84 Å². The van der Waals surface area contributed by atoms with Gasteiger partial charge in [0.15, 0.2) is 0 Å². The van der Waals surface area contributed by atoms with Gasteiger partial charge in [-0.3, -0.25) is 0 Å². The van der Waals surface area contributed by atoms with Gasteiger partial charge in [-0.25, -0.2) is 0 Å². The topological polar surface area (TPSA) is 29.5 Å². The zero-order chi connectivity index (χ0) is 14.1. The summed E-state index contributed by atoms with van der Waals surface area (Å²) in [6.07, 6.45) is 0.790. The van der Waals surface area contributed by atoms with Crippen LogP contribution in [-0.4, -0.2) is 17.8 Å². The molecule has 0 aromatic heterocycles. The van der Waals surface area contributed by atoms with Gasteiger partial charge in [0.2, 0.25) is 0 Å². The fourth-order valence-electron chi connectivity index (χ4n) is 1.51. The third kappa shape index (κ3) is 6.69. The van der Waals surface area contributed by atoms with Crippen LogP contribution in [0.4, 0.5) is 0 Å². The average molecular weight is 258 g/mol. The van der Waals surface area contributed by atoms with Gasteiger partial charge in [-0.15, -0.1) is 0 Å². The van der Waals surface area contributed by atoms with Crippen molar-refractivity contribution in [3.05, 3.63) is 41.5 Å². The van der Waals surface area contributed by atoms with Crippen LogP contribution in [-0.2, 0) is 0 Å². The highest BCUT2D eigenvalue weighted by Crippen LogP contribution is 2.11. The van der Waals surface area contributed by atoms with E-state index in [0.717, 1.165) is 5.75 Å². The zero-order valence-electron chi connectivity index (χ0n) is 11.9. The highest BCUT2D eigenvalue weighted by atomic mass is 16.5. The van der Waals surface area contributed by atoms with Gasteiger partial charge in [0.1, 0.15) is 12.4 Å². The number of para-hydroxylation sites is 1. The molecule has 0 aliphatic carbocycles. The van der Waals surface area contributed by atoms with Gasteiger partial charge in [-0.05, 0) is 39.3 Å². The number of hydrogen-bond acceptors (Lipinski definition) is 2. The minimum Gasteiger partial charge on any atom is -0.481 e. The monoisotopic (exact) mass is 258 g/mol. The first kappa shape index (κ1) is 15.3. The van der Waals surface area contributed by atoms with Gasteiger partial charge in [0, 0.05) is 6.42 Å². The number of rotatable bonds is 5. The van der Waals surface area contributed by atoms with Gasteiger partial charge in [-0.1, -0.05) is 41.2 Å². The third-order valence-electron chi connectivity index (χ3n) is 2.91. The Bertz CT molecular complexity index is 459. The summed E-state index contributed by atoms with van der Waals surface area (Å²) in [5, 5.41) is 9.81. The number of allylic oxidation sites excluding steroid dienone is 1. The summed E-state index contributed by atoms with van der Waals surface area (Å²) in [7, 11) is 0. The van der Waals surface area contributed by atoms with Crippen LogP contribution in [0, 0.1) is 11.8 Å². The molecule has 2 nitrogen and oxygen atoms in total. The normalized spacial score (nSPS) is 11.2. The molecule has 1 rings (SSSR count). The van der Waals surface area contributed by atoms with Gasteiger partial charge < -0.3 is 9.84 Å². The Morgan fingerprint density at radius 1 is 1.16 bits per heavy atom. The van der Waals surface area contributed by atoms with E-state index in [1.165, 1.54) is 11.1 Å². The molecule has 0 amide bonds. The molecule has 1 aromatic carbocycles. The van der Waals surface area contributed by atoms with E-state index in [2.05, 4.69) is 25.7 Å². The molecule has 19 heavy (non-hydrogen) atoms. The van der Waals surface area contributed by atoms with Crippen molar-refractivity contribution in [2.75, 3.05) is 6.61 Å². The van der Waals surface area contributed by atoms with Crippen molar-refractivity contribution in [2.24, 2.45) is 0 Å². The molecule has 0 unspecified atom stereocenters. The maximum Gasteiger partial charge on any atom is 0.149 e. The van der Waals surface area contributed by atoms with Crippen molar-refractivity contribution in [1.29, 1.82) is 0 Å². The standard InChI is InChI=1S/C17H22O2/c1-14(2)15(3)13-16(18)9-7-8-12-19-17-10-5-4-6-11-17/h4-6,10-11,16,18H,9,12-13H2,1-3H3/t16-/m0/s1. The van der Waals surface area contributed by atoms with Crippen LogP contribution in [0.5, 0.6) is 5.75 Å². The maximum absolute atomic E-state index is 9.81. The highest BCUT2D eigenvalue weighted by molar-refractivity contribution is 5.21. The summed E-state index contributed by atoms with van der Waals surface area (Å²) < 4.78 is 5.44. The molecule has 0 spiro atoms. The van der Waals surface area contributed by atoms with Crippen LogP contribution in [0.2, 0.25) is 0 Å². The van der Waals surface area contributed by atoms with Gasteiger partial charge >= 0.3 is 0 Å². The summed E-state index contributed by atoms with van der Waals surface area (Å²) in [5.74, 6) is 6.69. The molecule has 0 radical (unpaired) electrons. The fraction of sp³-hybridized carbons (Fsp3) is 0.412. The Morgan fingerprint density at radius 2 is 1.84 bits per heavy atom. The number of aliphatic hydroxyl groups excluding tert-OH is 1. The van der Waals surface area contributed by atoms with E-state index in [4.69, 9.17) is 4.74 Å². The Balaban J connectivity index is 2.26. The molecule has 1 atom stereocenters. The Hall–Kier alpha value is -1.72. The van der Waals surface area contributed by atoms with Gasteiger partial charge in [0.05, 0.1) is 6.10 Å². The first-order chi connectivity index (χ1) is 9.09. The molecular weight excluding hydrogens is 236 g/mol. The molecule has 0 saturated heterocycles. The highest BCUT2D eigenvalue weighted by Gasteiger charge is 2.03. The second-order valence-electron chi connectivity index (χ2n) is 4.80. The first-order valence-electron chi connectivity index (χ1n) is 6.54. The molecule has 2 heteroatoms. The minimum absolute atomic E-state index is 0.359. The number of hydrogen-bond donors (Lipinski definition) is 1. The summed E-state index contributed by atoms with van der Waals surface area (Å²) in [6, 6.07) is 9.59. The molecule has 0 bridgehead atoms. The lowest BCUT2D eigenvalue weighted by atomic mass is 10.0. The second kappa shape index (κ2) is 8.39. The quantitative estimate of drug-likeness (QED) is 0.646. The van der Waals surface area contributed by atoms with Crippen LogP contribution >= 0.6 is 0 Å². The van der Waals surface area contributed by atoms with E-state index >= 15 is 0 Å². The molecule has 0 heterocycles. The fourth-order valence-corrected chi connectivity index (χ4v) is 1.51. The number of aliphatic hydroxyl groups is 1. The summed E-state index contributed by atoms with van der Waals surface area (Å²) in [4.78, 5) is 0. The lowest BCUT2D eigenvalue weighted by molar-refractivity contribution is 0.180. The first-order valence-corrected chi connectivity index (χ1v) is 6.54. The molecular formula is C17H22O2. The zero-order valence-corrected chi connectivity index (χ0v) is 11.9. The largest absolute Gasteiger partial charge is 0.481 e. The van der Waals surface area contributed by atoms with Gasteiger partial charge in [-0.2, -0.15) is 0 Å². The van der Waals surface area contributed by atoms with E-state index in [0.29, 0.717) is 19.4 Å². The van der Waals surface area contributed by atoms with Crippen molar-refractivity contribution >= 4 is 0 Å². The lowest BCUT2D eigenvalue weighted by Gasteiger charge is -2.08. The van der Waals surface area contributed by atoms with E-state index in [9.17, 15) is 5.11 Å². The van der Waals surface area contributed by atoms with Crippen LogP contribution in [0.1, 0.15) is 33.6 Å². The van der Waals surface area contributed by atoms with E-state index in [1.54, 1.807) is 0 Å². The Labute approximate surface area is 116 Å². The van der Waals surface area contributed by atoms with E-state index in [-0.39, 0.29) is 6.10 Å². The third-order valence-corrected chi connectivity index (χ3v) is 2.91. The molecule has 0 aliphatic rings. The molecule has 102 valence electrons. The van der Waals surface area contributed by atoms with Crippen molar-refractivity contribution in [3.63, 3.8) is 0 Å². The second-order valence-corrected chi connectivity index (χ2v) is 4.80. The lowest BCUT2D eigenvalue weighted by Crippen LogP contribution is -2.06. The molecule has 1 aromatic rings. The summed E-state index contributed by atoms with van der Waals surface area (Å²) in [6.45, 7) is 6.52. The smallest absolute Gasteiger partial charge is 0.149 e. The van der Waals surface area contributed by atoms with Crippen molar-refractivity contribution in [2.45, 2.75) is 39.7 Å². The van der Waals surface area contributed by atoms with Crippen molar-refractivity contribution in [3.8, 4) is 17.6 Å². The van der Waals surface area contributed by atoms with Crippen LogP contribution in [0.3, 0.4) is 0 Å². The predicted octanol–water partition coefficient (Wildman–Crippen LogP) is 3.57. The van der Waals surface area contributed by atoms with E-state index < -0.39 is 0 Å². The molecule has 1 N–H and O–H groups in total. The van der Waals surface area contributed by atoms with Crippen LogP contribution < -0.4 is 4.74 Å². The van der Waals surface area contributed by atoms with Crippen molar-refractivity contribution in [1.82, 2.24) is 0 Å². The molecule has 0 saturated carbocycles. The Kier molecular flexibility index (Phi) is 6.78. The Morgan fingerprint density at radius 3 is 2.47 bits per heavy atom. The SMILES string of the molecule is CC(C)=C(C)C[C@@H](O)CC#CCOc1ccccc1. The number of ether oxygens (including phenoxy) is 1. The van der Waals surface area contributed by atoms with E-state index in [1.807, 2.05) is 37.3 Å². The average Bonchev–Trinajstić information content (AvgIpc) is 2.39. The summed E-state index contributed by atoms with van der Waals surface area (Å²) in [5.41, 5.74) is 2.49. The minimum atomic E-state index is -0.390. The van der Waals surface area contributed by atoms with Crippen LogP contribution in [0.25, 0.3) is 0 Å². The molecule has 0 fully saturated rings.